The summed E-state index contributed by atoms with van der Waals surface area (Å²) in [5.41, 5.74) is 5.35. The Kier molecular flexibility index (Phi) is 4.62. The van der Waals surface area contributed by atoms with Crippen molar-refractivity contribution in [1.82, 2.24) is 4.98 Å². The third-order valence-corrected chi connectivity index (χ3v) is 3.10. The Labute approximate surface area is 94.5 Å². The zero-order valence-electron chi connectivity index (χ0n) is 9.01. The first-order valence-electron chi connectivity index (χ1n) is 4.96. The summed E-state index contributed by atoms with van der Waals surface area (Å²) < 4.78 is 0. The number of aromatic nitrogens is 1. The summed E-state index contributed by atoms with van der Waals surface area (Å²) in [6.45, 7) is 4.16. The molecule has 0 spiro atoms. The molecule has 4 heteroatoms. The smallest absolute Gasteiger partial charge is 0.230 e. The second-order valence-corrected chi connectivity index (χ2v) is 5.03. The van der Waals surface area contributed by atoms with E-state index in [9.17, 15) is 4.79 Å². The number of amides is 1. The van der Waals surface area contributed by atoms with Gasteiger partial charge in [0.2, 0.25) is 5.91 Å². The number of hydrogen-bond acceptors (Lipinski definition) is 3. The lowest BCUT2D eigenvalue weighted by Crippen LogP contribution is -2.27. The molecule has 3 nitrogen and oxygen atoms in total. The number of carbonyl (C=O) groups excluding carboxylic acids is 1. The molecule has 0 bridgehead atoms. The maximum Gasteiger partial charge on any atom is 0.230 e. The standard InChI is InChI=1S/C11H16N2OS/c1-8(2)7-9(11(12)14)15-10-5-3-4-6-13-10/h3-6,8-9H,7H2,1-2H3,(H2,12,14). The predicted octanol–water partition coefficient (Wildman–Crippen LogP) is 2.07. The van der Waals surface area contributed by atoms with E-state index in [4.69, 9.17) is 5.73 Å². The van der Waals surface area contributed by atoms with Crippen molar-refractivity contribution in [1.29, 1.82) is 0 Å². The molecule has 82 valence electrons. The quantitative estimate of drug-likeness (QED) is 0.779. The van der Waals surface area contributed by atoms with Crippen molar-refractivity contribution in [2.24, 2.45) is 11.7 Å². The zero-order valence-corrected chi connectivity index (χ0v) is 9.83. The first kappa shape index (κ1) is 12.0. The van der Waals surface area contributed by atoms with Gasteiger partial charge in [0.05, 0.1) is 10.3 Å². The fourth-order valence-corrected chi connectivity index (χ4v) is 2.38. The lowest BCUT2D eigenvalue weighted by molar-refractivity contribution is -0.117. The van der Waals surface area contributed by atoms with E-state index in [0.717, 1.165) is 11.4 Å². The van der Waals surface area contributed by atoms with Crippen LogP contribution in [0.5, 0.6) is 0 Å². The number of pyridine rings is 1. The SMILES string of the molecule is CC(C)CC(Sc1ccccn1)C(N)=O. The molecular formula is C11H16N2OS. The summed E-state index contributed by atoms with van der Waals surface area (Å²) in [6.07, 6.45) is 2.51. The van der Waals surface area contributed by atoms with Gasteiger partial charge in [-0.05, 0) is 24.5 Å². The Balaban J connectivity index is 2.63. The average molecular weight is 224 g/mol. The first-order chi connectivity index (χ1) is 7.09. The van der Waals surface area contributed by atoms with Crippen molar-refractivity contribution in [3.8, 4) is 0 Å². The van der Waals surface area contributed by atoms with Crippen LogP contribution in [-0.2, 0) is 4.79 Å². The van der Waals surface area contributed by atoms with Crippen molar-refractivity contribution in [3.63, 3.8) is 0 Å². The van der Waals surface area contributed by atoms with E-state index >= 15 is 0 Å². The molecule has 1 aromatic heterocycles. The maximum absolute atomic E-state index is 11.2. The van der Waals surface area contributed by atoms with Crippen LogP contribution in [0.15, 0.2) is 29.4 Å². The minimum Gasteiger partial charge on any atom is -0.369 e. The van der Waals surface area contributed by atoms with Gasteiger partial charge in [-0.15, -0.1) is 0 Å². The molecule has 1 atom stereocenters. The Bertz CT molecular complexity index is 314. The molecule has 1 heterocycles. The summed E-state index contributed by atoms with van der Waals surface area (Å²) in [5, 5.41) is 0.668. The molecule has 0 aliphatic heterocycles. The number of primary amides is 1. The monoisotopic (exact) mass is 224 g/mol. The van der Waals surface area contributed by atoms with Gasteiger partial charge in [0.1, 0.15) is 0 Å². The van der Waals surface area contributed by atoms with E-state index in [2.05, 4.69) is 18.8 Å². The van der Waals surface area contributed by atoms with Crippen LogP contribution in [0.4, 0.5) is 0 Å². The molecule has 15 heavy (non-hydrogen) atoms. The number of carbonyl (C=O) groups is 1. The predicted molar refractivity (Wildman–Crippen MR) is 62.5 cm³/mol. The van der Waals surface area contributed by atoms with Gasteiger partial charge < -0.3 is 5.73 Å². The molecular weight excluding hydrogens is 208 g/mol. The van der Waals surface area contributed by atoms with Gasteiger partial charge in [-0.3, -0.25) is 4.79 Å². The topological polar surface area (TPSA) is 56.0 Å². The first-order valence-corrected chi connectivity index (χ1v) is 5.84. The van der Waals surface area contributed by atoms with Gasteiger partial charge in [0.25, 0.3) is 0 Å². The van der Waals surface area contributed by atoms with Gasteiger partial charge in [0.15, 0.2) is 0 Å². The van der Waals surface area contributed by atoms with Crippen LogP contribution in [0.1, 0.15) is 20.3 Å². The largest absolute Gasteiger partial charge is 0.369 e. The third-order valence-electron chi connectivity index (χ3n) is 1.90. The van der Waals surface area contributed by atoms with Crippen LogP contribution in [0.2, 0.25) is 0 Å². The molecule has 1 aromatic rings. The van der Waals surface area contributed by atoms with Gasteiger partial charge >= 0.3 is 0 Å². The second-order valence-electron chi connectivity index (χ2n) is 3.81. The molecule has 0 radical (unpaired) electrons. The number of nitrogens with two attached hydrogens (primary N) is 1. The Morgan fingerprint density at radius 3 is 2.73 bits per heavy atom. The number of hydrogen-bond donors (Lipinski definition) is 1. The third kappa shape index (κ3) is 4.34. The van der Waals surface area contributed by atoms with Crippen molar-refractivity contribution in [3.05, 3.63) is 24.4 Å². The van der Waals surface area contributed by atoms with Crippen LogP contribution in [0.3, 0.4) is 0 Å². The van der Waals surface area contributed by atoms with E-state index in [-0.39, 0.29) is 11.2 Å². The number of nitrogens with zero attached hydrogens (tertiary/aromatic N) is 1. The summed E-state index contributed by atoms with van der Waals surface area (Å²) in [6, 6.07) is 5.65. The van der Waals surface area contributed by atoms with Crippen LogP contribution >= 0.6 is 11.8 Å². The van der Waals surface area contributed by atoms with Crippen molar-refractivity contribution in [2.75, 3.05) is 0 Å². The van der Waals surface area contributed by atoms with E-state index in [0.29, 0.717) is 5.92 Å². The fourth-order valence-electron chi connectivity index (χ4n) is 1.21. The van der Waals surface area contributed by atoms with Crippen molar-refractivity contribution in [2.45, 2.75) is 30.5 Å². The van der Waals surface area contributed by atoms with Crippen molar-refractivity contribution < 1.29 is 4.79 Å². The highest BCUT2D eigenvalue weighted by Gasteiger charge is 2.18. The van der Waals surface area contributed by atoms with Gasteiger partial charge in [0, 0.05) is 6.20 Å². The molecule has 0 fully saturated rings. The average Bonchev–Trinajstić information content (AvgIpc) is 2.17. The minimum absolute atomic E-state index is 0.181. The van der Waals surface area contributed by atoms with Gasteiger partial charge in [-0.2, -0.15) is 0 Å². The summed E-state index contributed by atoms with van der Waals surface area (Å²) >= 11 is 1.44. The summed E-state index contributed by atoms with van der Waals surface area (Å²) in [7, 11) is 0. The Hall–Kier alpha value is -1.03. The van der Waals surface area contributed by atoms with E-state index in [1.807, 2.05) is 18.2 Å². The maximum atomic E-state index is 11.2. The molecule has 0 saturated heterocycles. The minimum atomic E-state index is -0.264. The molecule has 2 N–H and O–H groups in total. The highest BCUT2D eigenvalue weighted by atomic mass is 32.2. The van der Waals surface area contributed by atoms with E-state index in [1.54, 1.807) is 6.20 Å². The number of rotatable bonds is 5. The molecule has 1 unspecified atom stereocenters. The molecule has 0 aliphatic rings. The Morgan fingerprint density at radius 2 is 2.27 bits per heavy atom. The summed E-state index contributed by atoms with van der Waals surface area (Å²) in [5.74, 6) is 0.193. The normalized spacial score (nSPS) is 12.7. The van der Waals surface area contributed by atoms with Crippen LogP contribution in [-0.4, -0.2) is 16.1 Å². The molecule has 0 aliphatic carbocycles. The zero-order chi connectivity index (χ0) is 11.3. The van der Waals surface area contributed by atoms with E-state index < -0.39 is 0 Å². The van der Waals surface area contributed by atoms with Crippen molar-refractivity contribution >= 4 is 17.7 Å². The van der Waals surface area contributed by atoms with Gasteiger partial charge in [-0.1, -0.05) is 31.7 Å². The molecule has 0 saturated carbocycles. The summed E-state index contributed by atoms with van der Waals surface area (Å²) in [4.78, 5) is 15.4. The van der Waals surface area contributed by atoms with Gasteiger partial charge in [-0.25, -0.2) is 4.98 Å². The molecule has 0 aromatic carbocycles. The fraction of sp³-hybridized carbons (Fsp3) is 0.455. The van der Waals surface area contributed by atoms with E-state index in [1.165, 1.54) is 11.8 Å². The van der Waals surface area contributed by atoms with Crippen LogP contribution < -0.4 is 5.73 Å². The Morgan fingerprint density at radius 1 is 1.53 bits per heavy atom. The lowest BCUT2D eigenvalue weighted by atomic mass is 10.1. The highest BCUT2D eigenvalue weighted by Crippen LogP contribution is 2.25. The molecule has 1 rings (SSSR count). The highest BCUT2D eigenvalue weighted by molar-refractivity contribution is 8.00. The number of thioether (sulfide) groups is 1. The lowest BCUT2D eigenvalue weighted by Gasteiger charge is -2.14. The van der Waals surface area contributed by atoms with Crippen LogP contribution in [0.25, 0.3) is 0 Å². The molecule has 1 amide bonds. The van der Waals surface area contributed by atoms with Crippen LogP contribution in [0, 0.1) is 5.92 Å². The second kappa shape index (κ2) is 5.75.